The molecule has 2 rings (SSSR count). The Hall–Kier alpha value is -3.29. The summed E-state index contributed by atoms with van der Waals surface area (Å²) in [5, 5.41) is 10.9. The Kier molecular flexibility index (Phi) is 22.8. The quantitative estimate of drug-likeness (QED) is 0.135. The molecular weight excluding hydrogens is 537 g/mol. The van der Waals surface area contributed by atoms with Gasteiger partial charge in [0.15, 0.2) is 0 Å². The number of amides is 4. The molecule has 0 aliphatic heterocycles. The summed E-state index contributed by atoms with van der Waals surface area (Å²) in [5.74, 6) is -0.232. The van der Waals surface area contributed by atoms with Gasteiger partial charge in [0, 0.05) is 31.1 Å². The molecule has 0 heterocycles. The summed E-state index contributed by atoms with van der Waals surface area (Å²) in [6.07, 6.45) is 2.35. The zero-order chi connectivity index (χ0) is 30.4. The van der Waals surface area contributed by atoms with Crippen LogP contribution in [0.5, 0.6) is 0 Å². The van der Waals surface area contributed by atoms with Gasteiger partial charge in [0.05, 0.1) is 6.54 Å². The number of carbonyl (C=O) groups excluding carboxylic acids is 4. The zero-order valence-electron chi connectivity index (χ0n) is 24.8. The third kappa shape index (κ3) is 22.1. The van der Waals surface area contributed by atoms with E-state index in [0.717, 1.165) is 12.0 Å². The van der Waals surface area contributed by atoms with Crippen LogP contribution in [0.25, 0.3) is 0 Å². The van der Waals surface area contributed by atoms with Gasteiger partial charge in [0.25, 0.3) is 0 Å². The summed E-state index contributed by atoms with van der Waals surface area (Å²) < 4.78 is 0. The van der Waals surface area contributed by atoms with Gasteiger partial charge in [-0.25, -0.2) is 0 Å². The maximum absolute atomic E-state index is 12.3. The average molecular weight is 590 g/mol. The van der Waals surface area contributed by atoms with Crippen molar-refractivity contribution < 1.29 is 19.2 Å². The molecule has 230 valence electrons. The Morgan fingerprint density at radius 1 is 1.00 bits per heavy atom. The number of rotatable bonds is 13. The zero-order valence-corrected chi connectivity index (χ0v) is 25.7. The highest BCUT2D eigenvalue weighted by Crippen LogP contribution is 2.35. The number of hydrogen-bond donors (Lipinski definition) is 5. The average Bonchev–Trinajstić information content (AvgIpc) is 2.91. The summed E-state index contributed by atoms with van der Waals surface area (Å²) in [5.41, 5.74) is 6.89. The molecule has 2 aromatic carbocycles. The molecule has 10 heteroatoms. The lowest BCUT2D eigenvalue weighted by Crippen LogP contribution is -2.46. The SMILES string of the molecule is C.CCC(=O)NC(C)(C)CP(C)C(=O)NCC(=O)NC(C)Cc1ccccc1.Cc1ccccc1.NCCNC=O. The largest absolute Gasteiger partial charge is 0.357 e. The van der Waals surface area contributed by atoms with Gasteiger partial charge in [-0.15, -0.1) is 0 Å². The van der Waals surface area contributed by atoms with Crippen LogP contribution in [-0.2, 0) is 20.8 Å². The first kappa shape index (κ1) is 39.9. The Bertz CT molecular complexity index is 991. The van der Waals surface area contributed by atoms with Gasteiger partial charge in [0.1, 0.15) is 0 Å². The maximum Gasteiger partial charge on any atom is 0.241 e. The van der Waals surface area contributed by atoms with E-state index in [9.17, 15) is 19.2 Å². The van der Waals surface area contributed by atoms with Gasteiger partial charge in [-0.1, -0.05) is 80.6 Å². The molecule has 4 amide bonds. The smallest absolute Gasteiger partial charge is 0.241 e. The molecule has 0 fully saturated rings. The molecule has 0 saturated heterocycles. The minimum atomic E-state index is -1.00. The summed E-state index contributed by atoms with van der Waals surface area (Å²) in [6, 6.07) is 20.2. The van der Waals surface area contributed by atoms with Crippen molar-refractivity contribution in [2.24, 2.45) is 5.73 Å². The van der Waals surface area contributed by atoms with E-state index >= 15 is 0 Å². The van der Waals surface area contributed by atoms with Crippen molar-refractivity contribution in [3.05, 3.63) is 71.8 Å². The fourth-order valence-electron chi connectivity index (χ4n) is 3.48. The highest BCUT2D eigenvalue weighted by molar-refractivity contribution is 7.74. The summed E-state index contributed by atoms with van der Waals surface area (Å²) in [7, 11) is -1.00. The Labute approximate surface area is 248 Å². The summed E-state index contributed by atoms with van der Waals surface area (Å²) >= 11 is 0. The van der Waals surface area contributed by atoms with Crippen LogP contribution < -0.4 is 27.0 Å². The molecule has 0 radical (unpaired) electrons. The van der Waals surface area contributed by atoms with E-state index in [0.29, 0.717) is 32.1 Å². The highest BCUT2D eigenvalue weighted by atomic mass is 31.1. The minimum absolute atomic E-state index is 0. The van der Waals surface area contributed by atoms with Crippen molar-refractivity contribution in [3.63, 3.8) is 0 Å². The molecule has 0 bridgehead atoms. The van der Waals surface area contributed by atoms with Crippen LogP contribution in [0.3, 0.4) is 0 Å². The third-order valence-corrected chi connectivity index (χ3v) is 7.40. The number of nitrogens with one attached hydrogen (secondary N) is 4. The predicted octanol–water partition coefficient (Wildman–Crippen LogP) is 4.18. The van der Waals surface area contributed by atoms with E-state index in [1.54, 1.807) is 6.92 Å². The summed E-state index contributed by atoms with van der Waals surface area (Å²) in [4.78, 5) is 45.3. The van der Waals surface area contributed by atoms with E-state index < -0.39 is 13.5 Å². The van der Waals surface area contributed by atoms with E-state index in [2.05, 4.69) is 40.3 Å². The molecule has 0 spiro atoms. The lowest BCUT2D eigenvalue weighted by Gasteiger charge is -2.29. The van der Waals surface area contributed by atoms with Crippen molar-refractivity contribution in [2.45, 2.75) is 66.5 Å². The van der Waals surface area contributed by atoms with Crippen molar-refractivity contribution >= 4 is 31.8 Å². The molecule has 0 aliphatic carbocycles. The van der Waals surface area contributed by atoms with Crippen LogP contribution in [0.2, 0.25) is 0 Å². The minimum Gasteiger partial charge on any atom is -0.357 e. The molecule has 9 nitrogen and oxygen atoms in total. The highest BCUT2D eigenvalue weighted by Gasteiger charge is 2.26. The first-order valence-corrected chi connectivity index (χ1v) is 15.4. The molecule has 0 aromatic heterocycles. The van der Waals surface area contributed by atoms with E-state index in [4.69, 9.17) is 5.73 Å². The number of nitrogens with two attached hydrogens (primary N) is 1. The normalized spacial score (nSPS) is 11.4. The lowest BCUT2D eigenvalue weighted by molar-refractivity contribution is -0.122. The lowest BCUT2D eigenvalue weighted by atomic mass is 10.1. The molecule has 2 aromatic rings. The first-order valence-electron chi connectivity index (χ1n) is 13.5. The van der Waals surface area contributed by atoms with Crippen molar-refractivity contribution in [3.8, 4) is 0 Å². The van der Waals surface area contributed by atoms with Crippen LogP contribution in [0.15, 0.2) is 60.7 Å². The van der Waals surface area contributed by atoms with Gasteiger partial charge in [-0.3, -0.25) is 19.2 Å². The first-order chi connectivity index (χ1) is 18.9. The molecule has 2 unspecified atom stereocenters. The van der Waals surface area contributed by atoms with Crippen molar-refractivity contribution in [1.29, 1.82) is 0 Å². The van der Waals surface area contributed by atoms with Crippen LogP contribution in [0.1, 0.15) is 52.7 Å². The van der Waals surface area contributed by atoms with Gasteiger partial charge >= 0.3 is 0 Å². The van der Waals surface area contributed by atoms with Crippen LogP contribution in [0.4, 0.5) is 4.79 Å². The van der Waals surface area contributed by atoms with E-state index in [1.807, 2.05) is 76.0 Å². The van der Waals surface area contributed by atoms with Crippen LogP contribution in [0, 0.1) is 6.92 Å². The number of benzene rings is 2. The number of aryl methyl sites for hydroxylation is 1. The molecule has 2 atom stereocenters. The van der Waals surface area contributed by atoms with Crippen molar-refractivity contribution in [1.82, 2.24) is 21.3 Å². The van der Waals surface area contributed by atoms with Crippen LogP contribution in [-0.4, -0.2) is 67.9 Å². The topological polar surface area (TPSA) is 142 Å². The van der Waals surface area contributed by atoms with Crippen LogP contribution >= 0.6 is 7.92 Å². The van der Waals surface area contributed by atoms with Gasteiger partial charge in [-0.05, 0) is 60.4 Å². The van der Waals surface area contributed by atoms with E-state index in [-0.39, 0.29) is 37.5 Å². The fraction of sp³-hybridized carbons (Fsp3) is 0.484. The third-order valence-electron chi connectivity index (χ3n) is 5.28. The Morgan fingerprint density at radius 2 is 1.56 bits per heavy atom. The molecule has 6 N–H and O–H groups in total. The maximum atomic E-state index is 12.3. The standard InChI is InChI=1S/C20H32N3O3P.C7H8.C3H8N2O.CH4/c1-6-17(24)23-20(3,4)14-27(5)19(26)21-13-18(25)22-15(2)12-16-10-8-7-9-11-16;1-7-5-3-2-4-6-7;4-1-2-5-3-6;/h7-11,15H,6,12-14H2,1-5H3,(H,21,26)(H,22,25)(H,23,24);2-6H,1H3;3H,1-2,4H2,(H,5,6);1H4. The number of carbonyl (C=O) groups is 4. The Balaban J connectivity index is 0. The van der Waals surface area contributed by atoms with Crippen molar-refractivity contribution in [2.75, 3.05) is 32.5 Å². The molecule has 41 heavy (non-hydrogen) atoms. The molecule has 0 saturated carbocycles. The van der Waals surface area contributed by atoms with Gasteiger partial charge in [-0.2, -0.15) is 0 Å². The van der Waals surface area contributed by atoms with E-state index in [1.165, 1.54) is 5.56 Å². The Morgan fingerprint density at radius 3 is 2.00 bits per heavy atom. The predicted molar refractivity (Wildman–Crippen MR) is 172 cm³/mol. The monoisotopic (exact) mass is 589 g/mol. The molecule has 0 aliphatic rings. The fourth-order valence-corrected chi connectivity index (χ4v) is 5.24. The molecular formula is C31H52N5O4P. The van der Waals surface area contributed by atoms with Gasteiger partial charge < -0.3 is 27.0 Å². The van der Waals surface area contributed by atoms with Gasteiger partial charge in [0.2, 0.25) is 23.9 Å². The second-order valence-electron chi connectivity index (χ2n) is 9.97. The second kappa shape index (κ2) is 23.4. The second-order valence-corrected chi connectivity index (χ2v) is 12.1. The number of hydrogen-bond acceptors (Lipinski definition) is 5. The summed E-state index contributed by atoms with van der Waals surface area (Å²) in [6.45, 7) is 12.5.